The number of benzene rings is 3. The van der Waals surface area contributed by atoms with Crippen molar-refractivity contribution >= 4 is 29.8 Å². The molecule has 7 nitrogen and oxygen atoms in total. The van der Waals surface area contributed by atoms with Crippen molar-refractivity contribution in [2.75, 3.05) is 26.5 Å². The van der Waals surface area contributed by atoms with Gasteiger partial charge in [-0.15, -0.1) is 11.8 Å². The van der Waals surface area contributed by atoms with Crippen molar-refractivity contribution in [3.05, 3.63) is 95.1 Å². The van der Waals surface area contributed by atoms with Crippen LogP contribution in [0, 0.1) is 0 Å². The zero-order valence-corrected chi connectivity index (χ0v) is 20.5. The van der Waals surface area contributed by atoms with E-state index in [2.05, 4.69) is 22.7 Å². The number of hydrogen-bond donors (Lipinski definition) is 1. The van der Waals surface area contributed by atoms with Crippen molar-refractivity contribution in [1.82, 2.24) is 10.3 Å². The van der Waals surface area contributed by atoms with Gasteiger partial charge in [0.25, 0.3) is 5.91 Å². The van der Waals surface area contributed by atoms with Crippen molar-refractivity contribution in [3.8, 4) is 11.5 Å². The summed E-state index contributed by atoms with van der Waals surface area (Å²) < 4.78 is 10.6. The molecule has 1 atom stereocenters. The first kappa shape index (κ1) is 24.3. The van der Waals surface area contributed by atoms with E-state index in [1.807, 2.05) is 47.4 Å². The van der Waals surface area contributed by atoms with Gasteiger partial charge in [-0.3, -0.25) is 9.59 Å². The van der Waals surface area contributed by atoms with Gasteiger partial charge in [-0.25, -0.2) is 5.43 Å². The Morgan fingerprint density at radius 3 is 2.54 bits per heavy atom. The minimum absolute atomic E-state index is 0.0538. The number of hydrogen-bond acceptors (Lipinski definition) is 6. The Morgan fingerprint density at radius 1 is 1.06 bits per heavy atom. The summed E-state index contributed by atoms with van der Waals surface area (Å²) in [7, 11) is 3.11. The molecule has 0 saturated carbocycles. The summed E-state index contributed by atoms with van der Waals surface area (Å²) in [5.41, 5.74) is 5.90. The van der Waals surface area contributed by atoms with E-state index >= 15 is 0 Å². The molecule has 1 fully saturated rings. The highest BCUT2D eigenvalue weighted by atomic mass is 32.2. The maximum atomic E-state index is 12.6. The molecule has 1 aliphatic rings. The molecule has 0 radical (unpaired) electrons. The predicted molar refractivity (Wildman–Crippen MR) is 138 cm³/mol. The van der Waals surface area contributed by atoms with Crippen molar-refractivity contribution in [2.24, 2.45) is 5.10 Å². The Labute approximate surface area is 209 Å². The van der Waals surface area contributed by atoms with Crippen LogP contribution in [0.25, 0.3) is 0 Å². The summed E-state index contributed by atoms with van der Waals surface area (Å²) in [6.07, 6.45) is 2.32. The lowest BCUT2D eigenvalue weighted by Crippen LogP contribution is -2.30. The number of carbonyl (C=O) groups is 2. The van der Waals surface area contributed by atoms with Gasteiger partial charge in [-0.05, 0) is 41.8 Å². The largest absolute Gasteiger partial charge is 0.493 e. The third kappa shape index (κ3) is 5.84. The molecule has 1 heterocycles. The average molecular weight is 490 g/mol. The van der Waals surface area contributed by atoms with E-state index in [4.69, 9.17) is 9.47 Å². The van der Waals surface area contributed by atoms with Gasteiger partial charge in [0, 0.05) is 17.7 Å². The van der Waals surface area contributed by atoms with Crippen LogP contribution in [0.2, 0.25) is 0 Å². The number of nitrogens with zero attached hydrogens (tertiary/aromatic N) is 2. The van der Waals surface area contributed by atoms with E-state index < -0.39 is 0 Å². The maximum absolute atomic E-state index is 12.6. The Kier molecular flexibility index (Phi) is 8.05. The van der Waals surface area contributed by atoms with Gasteiger partial charge < -0.3 is 14.4 Å². The standard InChI is InChI=1S/C27H27N3O4S/c1-33-23-10-6-9-22(25(23)34-2)17-28-29-26(32)20-11-13-21(14-12-20)27-30(24(31)18-35-27)16-15-19-7-4-3-5-8-19/h3-14,17,27H,15-16,18H2,1-2H3,(H,29,32)/b28-17-/t27-/m1/s1. The van der Waals surface area contributed by atoms with Gasteiger partial charge in [0.15, 0.2) is 11.5 Å². The third-order valence-electron chi connectivity index (χ3n) is 5.71. The highest BCUT2D eigenvalue weighted by Crippen LogP contribution is 2.38. The first-order valence-corrected chi connectivity index (χ1v) is 12.2. The Balaban J connectivity index is 1.38. The molecule has 1 saturated heterocycles. The van der Waals surface area contributed by atoms with Crippen LogP contribution in [-0.2, 0) is 11.2 Å². The molecule has 0 bridgehead atoms. The Hall–Kier alpha value is -3.78. The lowest BCUT2D eigenvalue weighted by molar-refractivity contribution is -0.128. The Bertz CT molecular complexity index is 1200. The fraction of sp³-hybridized carbons (Fsp3) is 0.222. The summed E-state index contributed by atoms with van der Waals surface area (Å²) in [6.45, 7) is 0.658. The number of carbonyl (C=O) groups excluding carboxylic acids is 2. The topological polar surface area (TPSA) is 80.2 Å². The van der Waals surface area contributed by atoms with Crippen LogP contribution in [0.15, 0.2) is 77.9 Å². The minimum Gasteiger partial charge on any atom is -0.493 e. The first-order chi connectivity index (χ1) is 17.1. The van der Waals surface area contributed by atoms with E-state index in [-0.39, 0.29) is 17.2 Å². The van der Waals surface area contributed by atoms with E-state index in [1.54, 1.807) is 44.2 Å². The van der Waals surface area contributed by atoms with Crippen LogP contribution in [0.5, 0.6) is 11.5 Å². The maximum Gasteiger partial charge on any atom is 0.271 e. The van der Waals surface area contributed by atoms with Crippen molar-refractivity contribution in [3.63, 3.8) is 0 Å². The minimum atomic E-state index is -0.328. The molecule has 3 aromatic rings. The SMILES string of the molecule is COc1cccc(/C=N\NC(=O)c2ccc([C@H]3SCC(=O)N3CCc3ccccc3)cc2)c1OC. The van der Waals surface area contributed by atoms with E-state index in [0.717, 1.165) is 12.0 Å². The summed E-state index contributed by atoms with van der Waals surface area (Å²) in [5, 5.41) is 4.01. The molecular formula is C27H27N3O4S. The van der Waals surface area contributed by atoms with Crippen LogP contribution in [0.4, 0.5) is 0 Å². The van der Waals surface area contributed by atoms with Crippen molar-refractivity contribution in [1.29, 1.82) is 0 Å². The number of para-hydroxylation sites is 1. The molecule has 8 heteroatoms. The zero-order valence-electron chi connectivity index (χ0n) is 19.6. The molecule has 1 aliphatic heterocycles. The molecule has 0 aliphatic carbocycles. The molecule has 0 aromatic heterocycles. The van der Waals surface area contributed by atoms with Crippen LogP contribution < -0.4 is 14.9 Å². The molecule has 0 spiro atoms. The number of rotatable bonds is 9. The fourth-order valence-electron chi connectivity index (χ4n) is 3.90. The van der Waals surface area contributed by atoms with Gasteiger partial charge in [0.2, 0.25) is 5.91 Å². The quantitative estimate of drug-likeness (QED) is 0.358. The Morgan fingerprint density at radius 2 is 1.83 bits per heavy atom. The molecule has 2 amide bonds. The predicted octanol–water partition coefficient (Wildman–Crippen LogP) is 4.28. The second-order valence-electron chi connectivity index (χ2n) is 7.89. The number of amides is 2. The first-order valence-electron chi connectivity index (χ1n) is 11.2. The number of nitrogens with one attached hydrogen (secondary N) is 1. The second kappa shape index (κ2) is 11.6. The smallest absolute Gasteiger partial charge is 0.271 e. The second-order valence-corrected chi connectivity index (χ2v) is 8.96. The van der Waals surface area contributed by atoms with Crippen LogP contribution in [0.1, 0.15) is 32.4 Å². The van der Waals surface area contributed by atoms with E-state index in [9.17, 15) is 9.59 Å². The third-order valence-corrected chi connectivity index (χ3v) is 6.97. The molecule has 180 valence electrons. The summed E-state index contributed by atoms with van der Waals surface area (Å²) in [4.78, 5) is 27.0. The molecule has 4 rings (SSSR count). The average Bonchev–Trinajstić information content (AvgIpc) is 3.27. The molecule has 0 unspecified atom stereocenters. The van der Waals surface area contributed by atoms with Crippen LogP contribution >= 0.6 is 11.8 Å². The number of thioether (sulfide) groups is 1. The van der Waals surface area contributed by atoms with Gasteiger partial charge in [0.05, 0.1) is 26.2 Å². The monoisotopic (exact) mass is 489 g/mol. The lowest BCUT2D eigenvalue weighted by atomic mass is 10.1. The van der Waals surface area contributed by atoms with E-state index in [1.165, 1.54) is 11.8 Å². The van der Waals surface area contributed by atoms with Gasteiger partial charge in [-0.1, -0.05) is 48.5 Å². The molecule has 3 aromatic carbocycles. The summed E-state index contributed by atoms with van der Waals surface area (Å²) >= 11 is 1.61. The van der Waals surface area contributed by atoms with Crippen LogP contribution in [-0.4, -0.2) is 49.4 Å². The molecule has 1 N–H and O–H groups in total. The summed E-state index contributed by atoms with van der Waals surface area (Å²) in [6, 6.07) is 22.9. The normalized spacial score (nSPS) is 15.4. The number of ether oxygens (including phenoxy) is 2. The van der Waals surface area contributed by atoms with Crippen molar-refractivity contribution < 1.29 is 19.1 Å². The van der Waals surface area contributed by atoms with Gasteiger partial charge in [0.1, 0.15) is 5.37 Å². The zero-order chi connectivity index (χ0) is 24.6. The van der Waals surface area contributed by atoms with Gasteiger partial charge in [-0.2, -0.15) is 5.10 Å². The number of hydrazone groups is 1. The van der Waals surface area contributed by atoms with Crippen molar-refractivity contribution in [2.45, 2.75) is 11.8 Å². The van der Waals surface area contributed by atoms with Crippen LogP contribution in [0.3, 0.4) is 0 Å². The highest BCUT2D eigenvalue weighted by Gasteiger charge is 2.32. The molecular weight excluding hydrogens is 462 g/mol. The summed E-state index contributed by atoms with van der Waals surface area (Å²) in [5.74, 6) is 1.40. The fourth-order valence-corrected chi connectivity index (χ4v) is 5.12. The van der Waals surface area contributed by atoms with E-state index in [0.29, 0.717) is 34.9 Å². The highest BCUT2D eigenvalue weighted by molar-refractivity contribution is 8.00. The lowest BCUT2D eigenvalue weighted by Gasteiger charge is -2.24. The van der Waals surface area contributed by atoms with Gasteiger partial charge >= 0.3 is 0 Å². The molecule has 35 heavy (non-hydrogen) atoms. The number of methoxy groups -OCH3 is 2.